The van der Waals surface area contributed by atoms with Crippen molar-refractivity contribution < 1.29 is 62.3 Å². The van der Waals surface area contributed by atoms with Gasteiger partial charge in [-0.05, 0) is 0 Å². The molecule has 84 valence electrons. The third kappa shape index (κ3) is 1190. The van der Waals surface area contributed by atoms with Crippen molar-refractivity contribution in [3.05, 3.63) is 0 Å². The SMILES string of the molecule is [CH-]=O.[CH-]=O.[CH-]=O.[CH-]=O.[CH-]=O.[CH-]=O.[Co+3].[Co+3]. The first-order valence-corrected chi connectivity index (χ1v) is 1.41. The number of hydrogen-bond donors (Lipinski definition) is 0. The first kappa shape index (κ1) is 74.5. The minimum absolute atomic E-state index is 0. The minimum atomic E-state index is 0. The maximum Gasteiger partial charge on any atom is 3.00 e. The molecule has 0 aliphatic rings. The normalized spacial score (nSPS) is 1.71. The van der Waals surface area contributed by atoms with Gasteiger partial charge >= 0.3 is 33.6 Å². The average molecular weight is 292 g/mol. The zero-order chi connectivity index (χ0) is 12.0. The molecule has 6 nitrogen and oxygen atoms in total. The summed E-state index contributed by atoms with van der Waals surface area (Å²) in [6, 6.07) is 0. The maximum atomic E-state index is 7.75. The Bertz CT molecular complexity index is 35.8. The van der Waals surface area contributed by atoms with Crippen LogP contribution in [0.3, 0.4) is 0 Å². The van der Waals surface area contributed by atoms with Crippen LogP contribution in [0, 0.1) is 0 Å². The molecule has 0 saturated carbocycles. The Morgan fingerprint density at radius 2 is 0.286 bits per heavy atom. The summed E-state index contributed by atoms with van der Waals surface area (Å²) >= 11 is 0. The van der Waals surface area contributed by atoms with Crippen LogP contribution in [0.15, 0.2) is 0 Å². The van der Waals surface area contributed by atoms with E-state index in [2.05, 4.69) is 40.7 Å². The summed E-state index contributed by atoms with van der Waals surface area (Å²) in [5, 5.41) is 0. The van der Waals surface area contributed by atoms with E-state index in [1.54, 1.807) is 0 Å². The summed E-state index contributed by atoms with van der Waals surface area (Å²) < 4.78 is 0. The molecule has 0 spiro atoms. The van der Waals surface area contributed by atoms with Gasteiger partial charge in [0, 0.05) is 0 Å². The van der Waals surface area contributed by atoms with E-state index in [-0.39, 0.29) is 33.6 Å². The van der Waals surface area contributed by atoms with Crippen molar-refractivity contribution in [1.82, 2.24) is 0 Å². The van der Waals surface area contributed by atoms with Gasteiger partial charge in [-0.3, -0.25) is 40.7 Å². The second kappa shape index (κ2) is 1570. The van der Waals surface area contributed by atoms with Gasteiger partial charge in [0.1, 0.15) is 0 Å². The molecule has 0 amide bonds. The van der Waals surface area contributed by atoms with Crippen LogP contribution >= 0.6 is 0 Å². The topological polar surface area (TPSA) is 102 Å². The molecule has 0 aromatic carbocycles. The number of carbonyl (C=O) groups excluding carboxylic acids is 6. The molecule has 0 N–H and O–H groups in total. The van der Waals surface area contributed by atoms with Crippen molar-refractivity contribution in [2.75, 3.05) is 0 Å². The van der Waals surface area contributed by atoms with Gasteiger partial charge in [-0.25, -0.2) is 0 Å². The molecule has 0 fully saturated rings. The van der Waals surface area contributed by atoms with Gasteiger partial charge in [0.05, 0.1) is 0 Å². The first-order valence-electron chi connectivity index (χ1n) is 1.41. The van der Waals surface area contributed by atoms with Crippen LogP contribution in [0.25, 0.3) is 0 Å². The summed E-state index contributed by atoms with van der Waals surface area (Å²) in [5.41, 5.74) is 0. The van der Waals surface area contributed by atoms with E-state index in [9.17, 15) is 0 Å². The number of hydrogen-bond acceptors (Lipinski definition) is 6. The van der Waals surface area contributed by atoms with Crippen molar-refractivity contribution in [1.29, 1.82) is 0 Å². The summed E-state index contributed by atoms with van der Waals surface area (Å²) in [7, 11) is 0. The van der Waals surface area contributed by atoms with Crippen molar-refractivity contribution in [3.63, 3.8) is 0 Å². The standard InChI is InChI=1S/6CHO.2Co/c6*1-2;;/h6*1H;;/q6*-1;2*+3. The first-order chi connectivity index (χ1) is 6.00. The van der Waals surface area contributed by atoms with Gasteiger partial charge in [-0.2, -0.15) is 0 Å². The Labute approximate surface area is 103 Å². The predicted octanol–water partition coefficient (Wildman–Crippen LogP) is -1.65. The molecule has 0 rings (SSSR count). The van der Waals surface area contributed by atoms with Crippen molar-refractivity contribution >= 4 is 40.7 Å². The smallest absolute Gasteiger partial charge is 0.545 e. The second-order valence-corrected chi connectivity index (χ2v) is 0. The van der Waals surface area contributed by atoms with Crippen LogP contribution in [0.2, 0.25) is 0 Å². The maximum absolute atomic E-state index is 7.75. The zero-order valence-electron chi connectivity index (χ0n) is 6.58. The zero-order valence-corrected chi connectivity index (χ0v) is 8.66. The largest absolute Gasteiger partial charge is 3.00 e. The van der Waals surface area contributed by atoms with E-state index in [0.717, 1.165) is 0 Å². The fourth-order valence-electron chi connectivity index (χ4n) is 0. The van der Waals surface area contributed by atoms with E-state index in [1.807, 2.05) is 0 Å². The Kier molecular flexibility index (Phi) is 8340. The minimum Gasteiger partial charge on any atom is -0.545 e. The Morgan fingerprint density at radius 1 is 0.286 bits per heavy atom. The van der Waals surface area contributed by atoms with E-state index < -0.39 is 0 Å². The number of rotatable bonds is 0. The van der Waals surface area contributed by atoms with Crippen molar-refractivity contribution in [2.45, 2.75) is 0 Å². The van der Waals surface area contributed by atoms with Gasteiger partial charge in [-0.1, -0.05) is 0 Å². The van der Waals surface area contributed by atoms with Gasteiger partial charge in [0.2, 0.25) is 0 Å². The molecular formula is C6H6Co2O6. The summed E-state index contributed by atoms with van der Waals surface area (Å²) in [4.78, 5) is 46.5. The van der Waals surface area contributed by atoms with E-state index >= 15 is 0 Å². The molecule has 0 unspecified atom stereocenters. The van der Waals surface area contributed by atoms with Crippen LogP contribution in [-0.4, -0.2) is 40.7 Å². The van der Waals surface area contributed by atoms with Crippen LogP contribution in [0.4, 0.5) is 0 Å². The van der Waals surface area contributed by atoms with Gasteiger partial charge < -0.3 is 28.8 Å². The van der Waals surface area contributed by atoms with E-state index in [4.69, 9.17) is 28.8 Å². The molecule has 8 heteroatoms. The molecule has 0 aliphatic carbocycles. The molecule has 0 bridgehead atoms. The Balaban J connectivity index is -0.00000000500. The van der Waals surface area contributed by atoms with Crippen LogP contribution < -0.4 is 0 Å². The molecule has 14 heavy (non-hydrogen) atoms. The molecule has 0 aromatic rings. The molecule has 0 heterocycles. The summed E-state index contributed by atoms with van der Waals surface area (Å²) in [6.45, 7) is 19.5. The van der Waals surface area contributed by atoms with Gasteiger partial charge in [0.15, 0.2) is 0 Å². The molecule has 0 aliphatic heterocycles. The van der Waals surface area contributed by atoms with Crippen LogP contribution in [0.1, 0.15) is 0 Å². The third-order valence-electron chi connectivity index (χ3n) is 0. The Morgan fingerprint density at radius 3 is 0.286 bits per heavy atom. The Hall–Kier alpha value is -0.967. The monoisotopic (exact) mass is 292 g/mol. The van der Waals surface area contributed by atoms with E-state index in [1.165, 1.54) is 0 Å². The van der Waals surface area contributed by atoms with E-state index in [0.29, 0.717) is 0 Å². The molecule has 0 radical (unpaired) electrons. The fourth-order valence-corrected chi connectivity index (χ4v) is 0. The molecule has 0 aromatic heterocycles. The average Bonchev–Trinajstić information content (AvgIpc) is 2.33. The van der Waals surface area contributed by atoms with Gasteiger partial charge in [-0.15, -0.1) is 0 Å². The van der Waals surface area contributed by atoms with Gasteiger partial charge in [0.25, 0.3) is 0 Å². The van der Waals surface area contributed by atoms with Crippen molar-refractivity contribution in [2.24, 2.45) is 0 Å². The second-order valence-electron chi connectivity index (χ2n) is 0. The molecule has 0 saturated heterocycles. The quantitative estimate of drug-likeness (QED) is 0.391. The summed E-state index contributed by atoms with van der Waals surface area (Å²) in [5.74, 6) is 0. The molecular weight excluding hydrogens is 286 g/mol. The van der Waals surface area contributed by atoms with Crippen LogP contribution in [-0.2, 0) is 62.3 Å². The van der Waals surface area contributed by atoms with Crippen LogP contribution in [0.5, 0.6) is 0 Å². The third-order valence-corrected chi connectivity index (χ3v) is 0. The molecule has 0 atom stereocenters. The van der Waals surface area contributed by atoms with Crippen molar-refractivity contribution in [3.8, 4) is 0 Å². The summed E-state index contributed by atoms with van der Waals surface area (Å²) in [6.07, 6.45) is 0. The predicted molar refractivity (Wildman–Crippen MR) is 40.5 cm³/mol. The fraction of sp³-hybridized carbons (Fsp3) is 0.